The number of aryl methyl sites for hydroxylation is 1. The van der Waals surface area contributed by atoms with Gasteiger partial charge in [0.25, 0.3) is 0 Å². The molecule has 0 nitrogen and oxygen atoms in total. The summed E-state index contributed by atoms with van der Waals surface area (Å²) in [5.74, 6) is 1.30. The van der Waals surface area contributed by atoms with Crippen LogP contribution in [0, 0.1) is 18.8 Å². The Kier molecular flexibility index (Phi) is 11.5. The second-order valence-corrected chi connectivity index (χ2v) is 20.3. The molecule has 0 bridgehead atoms. The number of fused-ring (bicyclic) bond motifs is 9. The van der Waals surface area contributed by atoms with Crippen LogP contribution in [-0.4, -0.2) is 0 Å². The molecule has 0 saturated heterocycles. The molecule has 2 atom stereocenters. The van der Waals surface area contributed by atoms with Gasteiger partial charge in [0.15, 0.2) is 0 Å². The summed E-state index contributed by atoms with van der Waals surface area (Å²) in [6, 6.07) is 46.7. The van der Waals surface area contributed by atoms with Crippen molar-refractivity contribution in [3.63, 3.8) is 0 Å². The van der Waals surface area contributed by atoms with Crippen LogP contribution in [0.3, 0.4) is 0 Å². The molecule has 0 aromatic heterocycles. The molecular weight excluding hydrogens is 745 g/mol. The van der Waals surface area contributed by atoms with Gasteiger partial charge in [0, 0.05) is 16.2 Å². The van der Waals surface area contributed by atoms with Gasteiger partial charge in [-0.3, -0.25) is 0 Å². The lowest BCUT2D eigenvalue weighted by molar-refractivity contribution is 0.308. The number of benzene rings is 6. The van der Waals surface area contributed by atoms with Gasteiger partial charge in [-0.1, -0.05) is 190 Å². The molecule has 3 aliphatic rings. The van der Waals surface area contributed by atoms with Crippen molar-refractivity contribution >= 4 is 0 Å². The molecule has 0 aliphatic heterocycles. The van der Waals surface area contributed by atoms with Crippen LogP contribution in [0.4, 0.5) is 0 Å². The Morgan fingerprint density at radius 2 is 0.677 bits per heavy atom. The number of hydrogen-bond donors (Lipinski definition) is 0. The minimum Gasteiger partial charge on any atom is -0.0653 e. The van der Waals surface area contributed by atoms with Gasteiger partial charge in [0.1, 0.15) is 0 Å². The summed E-state index contributed by atoms with van der Waals surface area (Å²) in [5, 5.41) is 0. The average molecular weight is 817 g/mol. The largest absolute Gasteiger partial charge is 0.0653 e. The number of hydrogen-bond acceptors (Lipinski definition) is 0. The van der Waals surface area contributed by atoms with E-state index >= 15 is 0 Å². The molecule has 9 rings (SSSR count). The molecule has 0 fully saturated rings. The summed E-state index contributed by atoms with van der Waals surface area (Å²) in [5.41, 5.74) is 25.0. The molecule has 0 N–H and O–H groups in total. The quantitative estimate of drug-likeness (QED) is 0.0913. The van der Waals surface area contributed by atoms with Crippen molar-refractivity contribution in [2.45, 2.75) is 156 Å². The highest BCUT2D eigenvalue weighted by Crippen LogP contribution is 2.59. The third kappa shape index (κ3) is 6.60. The predicted octanol–water partition coefficient (Wildman–Crippen LogP) is 18.2. The Morgan fingerprint density at radius 1 is 0.355 bits per heavy atom. The lowest BCUT2D eigenvalue weighted by atomic mass is 9.66. The molecule has 0 saturated carbocycles. The van der Waals surface area contributed by atoms with Gasteiger partial charge in [-0.05, 0) is 171 Å². The van der Waals surface area contributed by atoms with Crippen LogP contribution in [0.25, 0.3) is 55.6 Å². The molecule has 0 heterocycles. The van der Waals surface area contributed by atoms with E-state index in [-0.39, 0.29) is 16.2 Å². The smallest absolute Gasteiger partial charge is 0.0220 e. The summed E-state index contributed by atoms with van der Waals surface area (Å²) in [7, 11) is 0. The molecule has 3 aliphatic carbocycles. The monoisotopic (exact) mass is 817 g/mol. The van der Waals surface area contributed by atoms with E-state index in [1.54, 1.807) is 33.4 Å². The van der Waals surface area contributed by atoms with Gasteiger partial charge in [-0.2, -0.15) is 0 Å². The predicted molar refractivity (Wildman–Crippen MR) is 268 cm³/mol. The van der Waals surface area contributed by atoms with Crippen LogP contribution in [0.2, 0.25) is 0 Å². The zero-order valence-corrected chi connectivity index (χ0v) is 39.6. The summed E-state index contributed by atoms with van der Waals surface area (Å²) in [6.45, 7) is 21.5. The Balaban J connectivity index is 1.16. The summed E-state index contributed by atoms with van der Waals surface area (Å²) in [4.78, 5) is 0. The van der Waals surface area contributed by atoms with Crippen LogP contribution in [0.1, 0.15) is 171 Å². The fourth-order valence-corrected chi connectivity index (χ4v) is 13.3. The molecule has 320 valence electrons. The third-order valence-electron chi connectivity index (χ3n) is 16.3. The first kappa shape index (κ1) is 42.6. The normalized spacial score (nSPS) is 18.1. The van der Waals surface area contributed by atoms with Crippen molar-refractivity contribution < 1.29 is 0 Å². The van der Waals surface area contributed by atoms with Gasteiger partial charge in [0.05, 0.1) is 0 Å². The first-order chi connectivity index (χ1) is 30.1. The van der Waals surface area contributed by atoms with Gasteiger partial charge >= 0.3 is 0 Å². The van der Waals surface area contributed by atoms with Crippen molar-refractivity contribution in [3.05, 3.63) is 154 Å². The highest BCUT2D eigenvalue weighted by Gasteiger charge is 2.46. The SMILES string of the molecule is CCCC1(CCC)c2ccccc2-c2ccc(-c3ccc4c(c3)C(CCC)(CCC)c3cc(-c5ccc6c(c5)C(CC(C)CC)(CC(C)CC)c5cc(C)ccc5-6)ccc3-4)cc21. The van der Waals surface area contributed by atoms with Gasteiger partial charge in [-0.25, -0.2) is 0 Å². The van der Waals surface area contributed by atoms with E-state index in [2.05, 4.69) is 178 Å². The van der Waals surface area contributed by atoms with E-state index in [9.17, 15) is 0 Å². The molecule has 0 spiro atoms. The van der Waals surface area contributed by atoms with Gasteiger partial charge in [0.2, 0.25) is 0 Å². The zero-order chi connectivity index (χ0) is 43.4. The fourth-order valence-electron chi connectivity index (χ4n) is 13.3. The molecule has 0 heteroatoms. The highest BCUT2D eigenvalue weighted by molar-refractivity contribution is 5.89. The Bertz CT molecular complexity index is 2590. The lowest BCUT2D eigenvalue weighted by Crippen LogP contribution is -2.30. The van der Waals surface area contributed by atoms with Crippen LogP contribution in [0.5, 0.6) is 0 Å². The second kappa shape index (κ2) is 16.8. The third-order valence-corrected chi connectivity index (χ3v) is 16.3. The average Bonchev–Trinajstić information content (AvgIpc) is 3.82. The van der Waals surface area contributed by atoms with Crippen LogP contribution in [-0.2, 0) is 16.2 Å². The van der Waals surface area contributed by atoms with Crippen LogP contribution < -0.4 is 0 Å². The van der Waals surface area contributed by atoms with E-state index in [1.807, 2.05) is 0 Å². The minimum atomic E-state index is -0.0112. The molecule has 0 radical (unpaired) electrons. The van der Waals surface area contributed by atoms with E-state index < -0.39 is 0 Å². The Hall–Kier alpha value is -4.68. The van der Waals surface area contributed by atoms with Crippen molar-refractivity contribution in [2.75, 3.05) is 0 Å². The molecule has 62 heavy (non-hydrogen) atoms. The Labute approximate surface area is 375 Å². The van der Waals surface area contributed by atoms with E-state index in [0.29, 0.717) is 11.8 Å². The van der Waals surface area contributed by atoms with E-state index in [1.165, 1.54) is 113 Å². The lowest BCUT2D eigenvalue weighted by Gasteiger charge is -2.37. The molecule has 6 aromatic carbocycles. The zero-order valence-electron chi connectivity index (χ0n) is 39.6. The first-order valence-electron chi connectivity index (χ1n) is 24.9. The standard InChI is InChI=1S/C62H72/c1-10-30-60(31-11-2)54-19-17-16-18-48(54)50-26-21-44(35-56(50)60)45-22-27-51-52-28-23-46(37-58(52)61(32-12-3,33-13-4)57(51)36-45)47-24-29-53-49-25-20-43(9)34-55(49)62(59(53)38-47,39-41(7)14-5)40-42(8)15-6/h16-29,34-38,41-42H,10-15,30-33,39-40H2,1-9H3. The number of rotatable bonds is 16. The maximum absolute atomic E-state index is 2.64. The van der Waals surface area contributed by atoms with Crippen LogP contribution in [0.15, 0.2) is 115 Å². The van der Waals surface area contributed by atoms with Crippen molar-refractivity contribution in [1.29, 1.82) is 0 Å². The van der Waals surface area contributed by atoms with E-state index in [4.69, 9.17) is 0 Å². The molecular formula is C62H72. The minimum absolute atomic E-state index is 0.0112. The van der Waals surface area contributed by atoms with Crippen molar-refractivity contribution in [3.8, 4) is 55.6 Å². The van der Waals surface area contributed by atoms with E-state index in [0.717, 1.165) is 25.7 Å². The van der Waals surface area contributed by atoms with Crippen LogP contribution >= 0.6 is 0 Å². The topological polar surface area (TPSA) is 0 Å². The maximum atomic E-state index is 2.64. The molecule has 2 unspecified atom stereocenters. The summed E-state index contributed by atoms with van der Waals surface area (Å²) < 4.78 is 0. The second-order valence-electron chi connectivity index (χ2n) is 20.3. The molecule has 6 aromatic rings. The van der Waals surface area contributed by atoms with Gasteiger partial charge in [-0.15, -0.1) is 0 Å². The van der Waals surface area contributed by atoms with Gasteiger partial charge < -0.3 is 0 Å². The summed E-state index contributed by atoms with van der Waals surface area (Å²) >= 11 is 0. The van der Waals surface area contributed by atoms with Crippen molar-refractivity contribution in [2.24, 2.45) is 11.8 Å². The maximum Gasteiger partial charge on any atom is 0.0220 e. The molecule has 0 amide bonds. The Morgan fingerprint density at radius 3 is 1.06 bits per heavy atom. The van der Waals surface area contributed by atoms with Crippen molar-refractivity contribution in [1.82, 2.24) is 0 Å². The fraction of sp³-hybridized carbons (Fsp3) is 0.419. The highest BCUT2D eigenvalue weighted by atomic mass is 14.5. The first-order valence-corrected chi connectivity index (χ1v) is 24.9. The summed E-state index contributed by atoms with van der Waals surface area (Å²) in [6.07, 6.45) is 14.2.